The number of nitrogens with zero attached hydrogens (tertiary/aromatic N) is 2. The summed E-state index contributed by atoms with van der Waals surface area (Å²) < 4.78 is 37.9. The third-order valence-corrected chi connectivity index (χ3v) is 7.12. The molecule has 2 aliphatic rings. The fourth-order valence-corrected chi connectivity index (χ4v) is 5.68. The lowest BCUT2D eigenvalue weighted by atomic mass is 10.0. The molecule has 1 saturated heterocycles. The molecule has 0 saturated carbocycles. The van der Waals surface area contributed by atoms with Gasteiger partial charge in [0.05, 0.1) is 25.6 Å². The highest BCUT2D eigenvalue weighted by molar-refractivity contribution is 8.01. The molecule has 1 fully saturated rings. The Morgan fingerprint density at radius 2 is 2.03 bits per heavy atom. The van der Waals surface area contributed by atoms with E-state index in [1.807, 2.05) is 0 Å². The minimum Gasteiger partial charge on any atom is -0.497 e. The fraction of sp³-hybridized carbons (Fsp3) is 0.217. The molecule has 2 aliphatic heterocycles. The van der Waals surface area contributed by atoms with Gasteiger partial charge in [-0.3, -0.25) is 9.59 Å². The zero-order chi connectivity index (χ0) is 22.5. The SMILES string of the molecule is COc1ccc2c(c1)C1(SCCN1C(=O)c1ccco1)C(=O)N2Cc1ccc(F)c(F)c1. The lowest BCUT2D eigenvalue weighted by Gasteiger charge is -2.32. The molecule has 0 aliphatic carbocycles. The summed E-state index contributed by atoms with van der Waals surface area (Å²) >= 11 is 1.36. The lowest BCUT2D eigenvalue weighted by molar-refractivity contribution is -0.123. The number of hydrogen-bond acceptors (Lipinski definition) is 5. The van der Waals surface area contributed by atoms with Crippen LogP contribution in [0, 0.1) is 11.6 Å². The smallest absolute Gasteiger partial charge is 0.291 e. The Morgan fingerprint density at radius 1 is 1.19 bits per heavy atom. The number of furan rings is 1. The van der Waals surface area contributed by atoms with Gasteiger partial charge in [0.2, 0.25) is 0 Å². The molecule has 0 radical (unpaired) electrons. The third-order valence-electron chi connectivity index (χ3n) is 5.70. The highest BCUT2D eigenvalue weighted by atomic mass is 32.2. The van der Waals surface area contributed by atoms with Gasteiger partial charge in [-0.15, -0.1) is 11.8 Å². The first-order valence-corrected chi connectivity index (χ1v) is 10.9. The minimum absolute atomic E-state index is 0.0282. The van der Waals surface area contributed by atoms with E-state index < -0.39 is 22.4 Å². The number of anilines is 1. The van der Waals surface area contributed by atoms with E-state index in [-0.39, 0.29) is 18.2 Å². The van der Waals surface area contributed by atoms with Gasteiger partial charge in [-0.2, -0.15) is 0 Å². The molecule has 164 valence electrons. The highest BCUT2D eigenvalue weighted by Crippen LogP contribution is 2.55. The number of benzene rings is 2. The molecule has 0 bridgehead atoms. The highest BCUT2D eigenvalue weighted by Gasteiger charge is 2.60. The second kappa shape index (κ2) is 7.67. The number of halogens is 2. The van der Waals surface area contributed by atoms with E-state index in [0.717, 1.165) is 12.1 Å². The van der Waals surface area contributed by atoms with Gasteiger partial charge in [-0.05, 0) is 48.0 Å². The van der Waals surface area contributed by atoms with E-state index in [1.165, 1.54) is 41.0 Å². The Kier molecular flexibility index (Phi) is 4.93. The third kappa shape index (κ3) is 2.99. The topological polar surface area (TPSA) is 63.0 Å². The van der Waals surface area contributed by atoms with Crippen molar-refractivity contribution in [3.05, 3.63) is 83.3 Å². The Labute approximate surface area is 186 Å². The van der Waals surface area contributed by atoms with Crippen molar-refractivity contribution in [1.29, 1.82) is 0 Å². The molecule has 2 amide bonds. The van der Waals surface area contributed by atoms with Crippen LogP contribution in [-0.2, 0) is 16.2 Å². The minimum atomic E-state index is -1.30. The van der Waals surface area contributed by atoms with Gasteiger partial charge >= 0.3 is 0 Å². The largest absolute Gasteiger partial charge is 0.497 e. The number of amides is 2. The van der Waals surface area contributed by atoms with Crippen LogP contribution in [0.3, 0.4) is 0 Å². The van der Waals surface area contributed by atoms with Crippen LogP contribution >= 0.6 is 11.8 Å². The van der Waals surface area contributed by atoms with Gasteiger partial charge in [0.25, 0.3) is 11.8 Å². The van der Waals surface area contributed by atoms with Crippen molar-refractivity contribution < 1.29 is 27.5 Å². The van der Waals surface area contributed by atoms with Crippen molar-refractivity contribution in [2.24, 2.45) is 0 Å². The van der Waals surface area contributed by atoms with Crippen molar-refractivity contribution in [1.82, 2.24) is 4.90 Å². The Balaban J connectivity index is 1.61. The molecule has 6 nitrogen and oxygen atoms in total. The molecular weight excluding hydrogens is 438 g/mol. The van der Waals surface area contributed by atoms with Crippen molar-refractivity contribution in [2.45, 2.75) is 11.4 Å². The van der Waals surface area contributed by atoms with Gasteiger partial charge in [0.15, 0.2) is 22.3 Å². The molecule has 1 unspecified atom stereocenters. The number of carbonyl (C=O) groups is 2. The van der Waals surface area contributed by atoms with Crippen LogP contribution in [0.5, 0.6) is 5.75 Å². The first-order valence-electron chi connectivity index (χ1n) is 9.89. The van der Waals surface area contributed by atoms with Crippen molar-refractivity contribution in [2.75, 3.05) is 24.3 Å². The van der Waals surface area contributed by atoms with Crippen LogP contribution in [0.15, 0.2) is 59.2 Å². The van der Waals surface area contributed by atoms with Gasteiger partial charge in [0, 0.05) is 17.9 Å². The predicted molar refractivity (Wildman–Crippen MR) is 114 cm³/mol. The summed E-state index contributed by atoms with van der Waals surface area (Å²) in [5.41, 5.74) is 1.64. The summed E-state index contributed by atoms with van der Waals surface area (Å²) in [6, 6.07) is 11.9. The first-order chi connectivity index (χ1) is 15.5. The average Bonchev–Trinajstić information content (AvgIpc) is 3.53. The molecule has 3 heterocycles. The average molecular weight is 456 g/mol. The number of fused-ring (bicyclic) bond motifs is 2. The molecule has 1 aromatic heterocycles. The number of methoxy groups -OCH3 is 1. The quantitative estimate of drug-likeness (QED) is 0.590. The summed E-state index contributed by atoms with van der Waals surface area (Å²) in [5.74, 6) is -1.42. The van der Waals surface area contributed by atoms with Crippen LogP contribution in [-0.4, -0.2) is 36.1 Å². The zero-order valence-electron chi connectivity index (χ0n) is 17.0. The van der Waals surface area contributed by atoms with E-state index in [2.05, 4.69) is 0 Å². The van der Waals surface area contributed by atoms with Crippen LogP contribution in [0.25, 0.3) is 0 Å². The van der Waals surface area contributed by atoms with Crippen LogP contribution in [0.1, 0.15) is 21.7 Å². The molecule has 1 atom stereocenters. The molecular formula is C23H18F2N2O4S. The maximum atomic E-state index is 13.9. The van der Waals surface area contributed by atoms with Gasteiger partial charge in [-0.1, -0.05) is 6.07 Å². The molecule has 0 N–H and O–H groups in total. The van der Waals surface area contributed by atoms with Crippen LogP contribution in [0.2, 0.25) is 0 Å². The number of ether oxygens (including phenoxy) is 1. The van der Waals surface area contributed by atoms with Gasteiger partial charge in [-0.25, -0.2) is 8.78 Å². The van der Waals surface area contributed by atoms with E-state index >= 15 is 0 Å². The van der Waals surface area contributed by atoms with E-state index in [9.17, 15) is 18.4 Å². The summed E-state index contributed by atoms with van der Waals surface area (Å²) in [6.45, 7) is 0.381. The van der Waals surface area contributed by atoms with Gasteiger partial charge < -0.3 is 19.0 Å². The predicted octanol–water partition coefficient (Wildman–Crippen LogP) is 4.16. The molecule has 32 heavy (non-hydrogen) atoms. The standard InChI is InChI=1S/C23H18F2N2O4S/c1-30-15-5-7-19-16(12-15)23(27(8-10-32-23)21(28)20-3-2-9-31-20)22(29)26(19)13-14-4-6-17(24)18(25)11-14/h2-7,9,11-12H,8,10,13H2,1H3. The Bertz CT molecular complexity index is 1220. The Morgan fingerprint density at radius 3 is 2.75 bits per heavy atom. The van der Waals surface area contributed by atoms with E-state index in [1.54, 1.807) is 30.3 Å². The van der Waals surface area contributed by atoms with E-state index in [4.69, 9.17) is 9.15 Å². The Hall–Kier alpha value is -3.33. The molecule has 5 rings (SSSR count). The molecule has 1 spiro atoms. The maximum absolute atomic E-state index is 13.9. The molecule has 2 aromatic carbocycles. The number of hydrogen-bond donors (Lipinski definition) is 0. The molecule has 3 aromatic rings. The number of thioether (sulfide) groups is 1. The maximum Gasteiger partial charge on any atom is 0.291 e. The summed E-state index contributed by atoms with van der Waals surface area (Å²) in [6.07, 6.45) is 1.41. The number of carbonyl (C=O) groups excluding carboxylic acids is 2. The second-order valence-electron chi connectivity index (χ2n) is 7.45. The van der Waals surface area contributed by atoms with Crippen LogP contribution < -0.4 is 9.64 Å². The van der Waals surface area contributed by atoms with Crippen molar-refractivity contribution >= 4 is 29.3 Å². The first kappa shape index (κ1) is 20.6. The fourth-order valence-electron chi connectivity index (χ4n) is 4.23. The van der Waals surface area contributed by atoms with Crippen molar-refractivity contribution in [3.63, 3.8) is 0 Å². The zero-order valence-corrected chi connectivity index (χ0v) is 17.8. The summed E-state index contributed by atoms with van der Waals surface area (Å²) in [7, 11) is 1.53. The lowest BCUT2D eigenvalue weighted by Crippen LogP contribution is -2.50. The second-order valence-corrected chi connectivity index (χ2v) is 8.74. The normalized spacial score (nSPS) is 19.7. The van der Waals surface area contributed by atoms with E-state index in [0.29, 0.717) is 34.9 Å². The van der Waals surface area contributed by atoms with Crippen molar-refractivity contribution in [3.8, 4) is 5.75 Å². The number of rotatable bonds is 4. The van der Waals surface area contributed by atoms with Crippen LogP contribution in [0.4, 0.5) is 14.5 Å². The molecule has 9 heteroatoms. The summed E-state index contributed by atoms with van der Waals surface area (Å²) in [4.78, 5) is 28.9. The summed E-state index contributed by atoms with van der Waals surface area (Å²) in [5, 5.41) is 0. The monoisotopic (exact) mass is 456 g/mol. The van der Waals surface area contributed by atoms with Gasteiger partial charge in [0.1, 0.15) is 5.75 Å².